The van der Waals surface area contributed by atoms with E-state index in [0.717, 1.165) is 12.8 Å². The quantitative estimate of drug-likeness (QED) is 0.823. The molecule has 0 aliphatic carbocycles. The summed E-state index contributed by atoms with van der Waals surface area (Å²) in [6, 6.07) is -0.100. The van der Waals surface area contributed by atoms with Gasteiger partial charge in [-0.1, -0.05) is 0 Å². The van der Waals surface area contributed by atoms with E-state index < -0.39 is 5.97 Å². The molecule has 2 aliphatic heterocycles. The van der Waals surface area contributed by atoms with Crippen LogP contribution in [0.25, 0.3) is 0 Å². The van der Waals surface area contributed by atoms with Gasteiger partial charge in [-0.15, -0.1) is 0 Å². The maximum Gasteiger partial charge on any atom is 0.305 e. The van der Waals surface area contributed by atoms with E-state index in [2.05, 4.69) is 0 Å². The first kappa shape index (κ1) is 14.8. The zero-order valence-corrected chi connectivity index (χ0v) is 12.0. The summed E-state index contributed by atoms with van der Waals surface area (Å²) >= 11 is 0. The standard InChI is InChI=1S/C14H22N2O4/c1-9(2)16-8-10(6-12(16)17)14(20)15-5-3-4-11(15)7-13(18)19/h9-11H,3-8H2,1-2H3,(H,18,19). The summed E-state index contributed by atoms with van der Waals surface area (Å²) in [5.41, 5.74) is 0. The fourth-order valence-electron chi connectivity index (χ4n) is 3.17. The van der Waals surface area contributed by atoms with Crippen molar-refractivity contribution in [2.24, 2.45) is 5.92 Å². The summed E-state index contributed by atoms with van der Waals surface area (Å²) in [6.45, 7) is 4.95. The van der Waals surface area contributed by atoms with Gasteiger partial charge in [-0.25, -0.2) is 0 Å². The van der Waals surface area contributed by atoms with Crippen LogP contribution in [0.2, 0.25) is 0 Å². The zero-order chi connectivity index (χ0) is 14.9. The molecule has 0 aromatic carbocycles. The van der Waals surface area contributed by atoms with Crippen LogP contribution < -0.4 is 0 Å². The van der Waals surface area contributed by atoms with Gasteiger partial charge in [-0.2, -0.15) is 0 Å². The van der Waals surface area contributed by atoms with Crippen LogP contribution in [-0.2, 0) is 14.4 Å². The Labute approximate surface area is 118 Å². The molecule has 20 heavy (non-hydrogen) atoms. The highest BCUT2D eigenvalue weighted by atomic mass is 16.4. The molecule has 2 rings (SSSR count). The van der Waals surface area contributed by atoms with E-state index >= 15 is 0 Å². The van der Waals surface area contributed by atoms with Gasteiger partial charge in [0.25, 0.3) is 0 Å². The van der Waals surface area contributed by atoms with Crippen molar-refractivity contribution < 1.29 is 19.5 Å². The van der Waals surface area contributed by atoms with Gasteiger partial charge >= 0.3 is 5.97 Å². The highest BCUT2D eigenvalue weighted by molar-refractivity contribution is 5.89. The lowest BCUT2D eigenvalue weighted by Crippen LogP contribution is -2.41. The van der Waals surface area contributed by atoms with Crippen molar-refractivity contribution in [3.05, 3.63) is 0 Å². The minimum absolute atomic E-state index is 0.000299. The van der Waals surface area contributed by atoms with Crippen molar-refractivity contribution in [3.8, 4) is 0 Å². The van der Waals surface area contributed by atoms with Gasteiger partial charge < -0.3 is 14.9 Å². The molecular formula is C14H22N2O4. The maximum atomic E-state index is 12.5. The van der Waals surface area contributed by atoms with Crippen LogP contribution in [0.1, 0.15) is 39.5 Å². The first-order chi connectivity index (χ1) is 9.40. The second-order valence-electron chi connectivity index (χ2n) is 5.97. The van der Waals surface area contributed by atoms with Gasteiger partial charge in [0.05, 0.1) is 12.3 Å². The number of carboxylic acids is 1. The van der Waals surface area contributed by atoms with E-state index in [1.165, 1.54) is 0 Å². The smallest absolute Gasteiger partial charge is 0.305 e. The van der Waals surface area contributed by atoms with Crippen molar-refractivity contribution in [2.45, 2.75) is 51.6 Å². The minimum Gasteiger partial charge on any atom is -0.481 e. The molecular weight excluding hydrogens is 260 g/mol. The number of amides is 2. The molecule has 2 fully saturated rings. The second-order valence-corrected chi connectivity index (χ2v) is 5.97. The number of carboxylic acid groups (broad SMARTS) is 1. The van der Waals surface area contributed by atoms with Crippen molar-refractivity contribution >= 4 is 17.8 Å². The largest absolute Gasteiger partial charge is 0.481 e. The first-order valence-corrected chi connectivity index (χ1v) is 7.22. The third-order valence-corrected chi connectivity index (χ3v) is 4.20. The SMILES string of the molecule is CC(C)N1CC(C(=O)N2CCCC2CC(=O)O)CC1=O. The normalized spacial score (nSPS) is 26.6. The monoisotopic (exact) mass is 282 g/mol. The molecule has 0 aromatic heterocycles. The van der Waals surface area contributed by atoms with E-state index in [9.17, 15) is 14.4 Å². The lowest BCUT2D eigenvalue weighted by molar-refractivity contribution is -0.141. The number of likely N-dealkylation sites (tertiary alicyclic amines) is 2. The Morgan fingerprint density at radius 1 is 1.40 bits per heavy atom. The Bertz CT molecular complexity index is 421. The summed E-state index contributed by atoms with van der Waals surface area (Å²) in [5.74, 6) is -1.21. The minimum atomic E-state index is -0.874. The van der Waals surface area contributed by atoms with Crippen LogP contribution in [-0.4, -0.2) is 57.9 Å². The fourth-order valence-corrected chi connectivity index (χ4v) is 3.17. The molecule has 0 saturated carbocycles. The molecule has 2 heterocycles. The van der Waals surface area contributed by atoms with Crippen molar-refractivity contribution in [2.75, 3.05) is 13.1 Å². The van der Waals surface area contributed by atoms with Crippen molar-refractivity contribution in [1.29, 1.82) is 0 Å². The Hall–Kier alpha value is -1.59. The Morgan fingerprint density at radius 3 is 2.65 bits per heavy atom. The van der Waals surface area contributed by atoms with E-state index in [1.807, 2.05) is 13.8 Å². The molecule has 0 aromatic rings. The van der Waals surface area contributed by atoms with Crippen LogP contribution in [0.3, 0.4) is 0 Å². The Balaban J connectivity index is 2.01. The summed E-state index contributed by atoms with van der Waals surface area (Å²) in [7, 11) is 0. The molecule has 2 aliphatic rings. The van der Waals surface area contributed by atoms with Crippen LogP contribution in [0.4, 0.5) is 0 Å². The number of nitrogens with zero attached hydrogens (tertiary/aromatic N) is 2. The second kappa shape index (κ2) is 5.81. The van der Waals surface area contributed by atoms with E-state index in [1.54, 1.807) is 9.80 Å². The summed E-state index contributed by atoms with van der Waals surface area (Å²) < 4.78 is 0. The van der Waals surface area contributed by atoms with E-state index in [4.69, 9.17) is 5.11 Å². The lowest BCUT2D eigenvalue weighted by Gasteiger charge is -2.27. The number of aliphatic carboxylic acids is 1. The number of hydrogen-bond donors (Lipinski definition) is 1. The zero-order valence-electron chi connectivity index (χ0n) is 12.0. The van der Waals surface area contributed by atoms with Gasteiger partial charge in [-0.3, -0.25) is 14.4 Å². The van der Waals surface area contributed by atoms with Gasteiger partial charge in [0.15, 0.2) is 0 Å². The van der Waals surface area contributed by atoms with Gasteiger partial charge in [0, 0.05) is 31.6 Å². The average molecular weight is 282 g/mol. The molecule has 6 heteroatoms. The van der Waals surface area contributed by atoms with Gasteiger partial charge in [0.2, 0.25) is 11.8 Å². The molecule has 2 amide bonds. The topological polar surface area (TPSA) is 77.9 Å². The number of carbonyl (C=O) groups excluding carboxylic acids is 2. The third-order valence-electron chi connectivity index (χ3n) is 4.20. The van der Waals surface area contributed by atoms with Gasteiger partial charge in [0.1, 0.15) is 0 Å². The number of hydrogen-bond acceptors (Lipinski definition) is 3. The van der Waals surface area contributed by atoms with Crippen LogP contribution >= 0.6 is 0 Å². The molecule has 2 saturated heterocycles. The summed E-state index contributed by atoms with van der Waals surface area (Å²) in [5, 5.41) is 8.90. The predicted molar refractivity (Wildman–Crippen MR) is 71.9 cm³/mol. The average Bonchev–Trinajstić information content (AvgIpc) is 2.94. The third kappa shape index (κ3) is 2.94. The van der Waals surface area contributed by atoms with Crippen LogP contribution in [0, 0.1) is 5.92 Å². The molecule has 0 radical (unpaired) electrons. The molecule has 2 unspecified atom stereocenters. The van der Waals surface area contributed by atoms with Crippen molar-refractivity contribution in [1.82, 2.24) is 9.80 Å². The fraction of sp³-hybridized carbons (Fsp3) is 0.786. The molecule has 0 spiro atoms. The summed E-state index contributed by atoms with van der Waals surface area (Å²) in [4.78, 5) is 38.6. The Kier molecular flexibility index (Phi) is 4.30. The number of rotatable bonds is 4. The van der Waals surface area contributed by atoms with E-state index in [-0.39, 0.29) is 42.7 Å². The molecule has 112 valence electrons. The lowest BCUT2D eigenvalue weighted by atomic mass is 10.1. The Morgan fingerprint density at radius 2 is 2.10 bits per heavy atom. The summed E-state index contributed by atoms with van der Waals surface area (Å²) in [6.07, 6.45) is 1.85. The first-order valence-electron chi connectivity index (χ1n) is 7.22. The van der Waals surface area contributed by atoms with Gasteiger partial charge in [-0.05, 0) is 26.7 Å². The maximum absolute atomic E-state index is 12.5. The highest BCUT2D eigenvalue weighted by Crippen LogP contribution is 2.27. The molecule has 2 atom stereocenters. The number of carbonyl (C=O) groups is 3. The van der Waals surface area contributed by atoms with E-state index in [0.29, 0.717) is 13.1 Å². The highest BCUT2D eigenvalue weighted by Gasteiger charge is 2.40. The van der Waals surface area contributed by atoms with Crippen LogP contribution in [0.5, 0.6) is 0 Å². The van der Waals surface area contributed by atoms with Crippen molar-refractivity contribution in [3.63, 3.8) is 0 Å². The molecule has 1 N–H and O–H groups in total. The molecule has 6 nitrogen and oxygen atoms in total. The van der Waals surface area contributed by atoms with Crippen LogP contribution in [0.15, 0.2) is 0 Å². The molecule has 0 bridgehead atoms. The predicted octanol–water partition coefficient (Wildman–Crippen LogP) is 0.709.